The van der Waals surface area contributed by atoms with Crippen LogP contribution in [0.2, 0.25) is 0 Å². The molecule has 0 aliphatic heterocycles. The van der Waals surface area contributed by atoms with Crippen LogP contribution in [0, 0.1) is 0 Å². The third kappa shape index (κ3) is 11.3. The number of rotatable bonds is 10. The summed E-state index contributed by atoms with van der Waals surface area (Å²) in [7, 11) is 0. The summed E-state index contributed by atoms with van der Waals surface area (Å²) in [5.41, 5.74) is 0.375. The van der Waals surface area contributed by atoms with Crippen molar-refractivity contribution in [2.24, 2.45) is 0 Å². The van der Waals surface area contributed by atoms with Crippen molar-refractivity contribution < 1.29 is 37.4 Å². The lowest BCUT2D eigenvalue weighted by atomic mass is 9.99. The van der Waals surface area contributed by atoms with Crippen LogP contribution in [0.1, 0.15) is 38.3 Å². The molecule has 0 spiro atoms. The summed E-state index contributed by atoms with van der Waals surface area (Å²) in [6.07, 6.45) is -9.53. The van der Waals surface area contributed by atoms with Crippen molar-refractivity contribution >= 4 is 17.9 Å². The predicted molar refractivity (Wildman–Crippen MR) is 130 cm³/mol. The molecule has 3 atom stereocenters. The maximum absolute atomic E-state index is 13.2. The van der Waals surface area contributed by atoms with E-state index in [1.165, 1.54) is 20.8 Å². The highest BCUT2D eigenvalue weighted by Gasteiger charge is 2.39. The van der Waals surface area contributed by atoms with Gasteiger partial charge in [-0.05, 0) is 38.3 Å². The number of amides is 3. The van der Waals surface area contributed by atoms with Gasteiger partial charge in [-0.1, -0.05) is 60.7 Å². The number of carbonyl (C=O) groups excluding carboxylic acids is 3. The summed E-state index contributed by atoms with van der Waals surface area (Å²) in [4.78, 5) is 37.7. The second kappa shape index (κ2) is 13.1. The Morgan fingerprint density at radius 2 is 1.41 bits per heavy atom. The van der Waals surface area contributed by atoms with Crippen LogP contribution in [0.5, 0.6) is 0 Å². The van der Waals surface area contributed by atoms with E-state index in [9.17, 15) is 32.7 Å². The Balaban J connectivity index is 2.20. The van der Waals surface area contributed by atoms with Gasteiger partial charge in [0.2, 0.25) is 5.91 Å². The molecule has 0 aromatic heterocycles. The van der Waals surface area contributed by atoms with Crippen molar-refractivity contribution in [2.75, 3.05) is 0 Å². The maximum atomic E-state index is 13.2. The Morgan fingerprint density at radius 1 is 0.865 bits per heavy atom. The molecule has 0 saturated heterocycles. The largest absolute Gasteiger partial charge is 0.444 e. The Kier molecular flexibility index (Phi) is 10.5. The minimum Gasteiger partial charge on any atom is -0.444 e. The smallest absolute Gasteiger partial charge is 0.408 e. The second-order valence-electron chi connectivity index (χ2n) is 9.47. The molecule has 37 heavy (non-hydrogen) atoms. The van der Waals surface area contributed by atoms with E-state index in [2.05, 4.69) is 10.6 Å². The topological polar surface area (TPSA) is 117 Å². The van der Waals surface area contributed by atoms with Gasteiger partial charge in [-0.2, -0.15) is 13.2 Å². The number of hydrogen-bond acceptors (Lipinski definition) is 5. The minimum absolute atomic E-state index is 0.0579. The van der Waals surface area contributed by atoms with E-state index in [4.69, 9.17) is 4.74 Å². The van der Waals surface area contributed by atoms with Crippen LogP contribution in [0.25, 0.3) is 0 Å². The highest BCUT2D eigenvalue weighted by molar-refractivity contribution is 5.87. The van der Waals surface area contributed by atoms with E-state index in [0.717, 1.165) is 5.56 Å². The fourth-order valence-electron chi connectivity index (χ4n) is 3.36. The summed E-state index contributed by atoms with van der Waals surface area (Å²) in [6, 6.07) is 14.0. The lowest BCUT2D eigenvalue weighted by Gasteiger charge is -2.28. The lowest BCUT2D eigenvalue weighted by Crippen LogP contribution is -2.57. The second-order valence-corrected chi connectivity index (χ2v) is 9.47. The first-order valence-corrected chi connectivity index (χ1v) is 11.6. The van der Waals surface area contributed by atoms with Gasteiger partial charge in [0.1, 0.15) is 11.6 Å². The standard InChI is InChI=1S/C26H32F3N3O5/c1-25(2,3)37-24(36)32-20(15-26(27,28)29)22(34)31-19(14-17-10-6-4-7-11-17)21(33)23(35)30-16-18-12-8-5-9-13-18/h4-13,19-21,33H,14-16H2,1-3H3,(H,30,35)(H,31,34)(H,32,36)/t19?,20-,21?/m0/s1. The average Bonchev–Trinajstić information content (AvgIpc) is 2.80. The SMILES string of the molecule is CC(C)(C)OC(=O)N[C@@H](CC(F)(F)F)C(=O)NC(Cc1ccccc1)C(O)C(=O)NCc1ccccc1. The fourth-order valence-corrected chi connectivity index (χ4v) is 3.36. The third-order valence-corrected chi connectivity index (χ3v) is 5.03. The summed E-state index contributed by atoms with van der Waals surface area (Å²) in [5.74, 6) is -2.04. The Hall–Kier alpha value is -3.60. The van der Waals surface area contributed by atoms with E-state index in [0.29, 0.717) is 5.56 Å². The maximum Gasteiger partial charge on any atom is 0.408 e. The van der Waals surface area contributed by atoms with Gasteiger partial charge in [0.25, 0.3) is 5.91 Å². The van der Waals surface area contributed by atoms with E-state index in [1.807, 2.05) is 5.32 Å². The number of aliphatic hydroxyl groups is 1. The van der Waals surface area contributed by atoms with Gasteiger partial charge in [-0.25, -0.2) is 4.79 Å². The molecular formula is C26H32F3N3O5. The first kappa shape index (κ1) is 29.6. The van der Waals surface area contributed by atoms with Gasteiger partial charge < -0.3 is 25.8 Å². The summed E-state index contributed by atoms with van der Waals surface area (Å²) in [5, 5.41) is 17.6. The van der Waals surface area contributed by atoms with Crippen molar-refractivity contribution in [1.82, 2.24) is 16.0 Å². The number of ether oxygens (including phenoxy) is 1. The molecule has 8 nitrogen and oxygen atoms in total. The fraction of sp³-hybridized carbons (Fsp3) is 0.423. The number of benzene rings is 2. The van der Waals surface area contributed by atoms with Gasteiger partial charge in [-0.15, -0.1) is 0 Å². The highest BCUT2D eigenvalue weighted by atomic mass is 19.4. The molecule has 2 aromatic rings. The molecule has 0 bridgehead atoms. The van der Waals surface area contributed by atoms with E-state index < -0.39 is 54.3 Å². The number of hydrogen-bond donors (Lipinski definition) is 4. The molecule has 0 aliphatic rings. The zero-order chi connectivity index (χ0) is 27.6. The van der Waals surface area contributed by atoms with Gasteiger partial charge in [0.15, 0.2) is 6.10 Å². The monoisotopic (exact) mass is 523 g/mol. The lowest BCUT2D eigenvalue weighted by molar-refractivity contribution is -0.150. The zero-order valence-electron chi connectivity index (χ0n) is 20.8. The van der Waals surface area contributed by atoms with Gasteiger partial charge in [0.05, 0.1) is 12.5 Å². The molecule has 4 N–H and O–H groups in total. The molecule has 2 aromatic carbocycles. The summed E-state index contributed by atoms with van der Waals surface area (Å²) >= 11 is 0. The molecule has 0 radical (unpaired) electrons. The van der Waals surface area contributed by atoms with Crippen LogP contribution in [0.3, 0.4) is 0 Å². The first-order valence-electron chi connectivity index (χ1n) is 11.6. The quantitative estimate of drug-likeness (QED) is 0.382. The number of nitrogens with one attached hydrogen (secondary N) is 3. The highest BCUT2D eigenvalue weighted by Crippen LogP contribution is 2.22. The zero-order valence-corrected chi connectivity index (χ0v) is 20.8. The Labute approximate surface area is 213 Å². The third-order valence-electron chi connectivity index (χ3n) is 5.03. The van der Waals surface area contributed by atoms with Gasteiger partial charge in [-0.3, -0.25) is 9.59 Å². The van der Waals surface area contributed by atoms with Crippen LogP contribution < -0.4 is 16.0 Å². The molecule has 2 rings (SSSR count). The molecule has 3 amide bonds. The van der Waals surface area contributed by atoms with Crippen LogP contribution in [-0.2, 0) is 27.3 Å². The molecular weight excluding hydrogens is 491 g/mol. The van der Waals surface area contributed by atoms with Crippen LogP contribution in [-0.4, -0.2) is 53.0 Å². The molecule has 0 heterocycles. The normalized spacial score (nSPS) is 14.1. The first-order chi connectivity index (χ1) is 17.2. The van der Waals surface area contributed by atoms with Gasteiger partial charge >= 0.3 is 12.3 Å². The van der Waals surface area contributed by atoms with Crippen LogP contribution >= 0.6 is 0 Å². The number of carbonyl (C=O) groups is 3. The molecule has 11 heteroatoms. The molecule has 0 fully saturated rings. The number of aliphatic hydroxyl groups excluding tert-OH is 1. The van der Waals surface area contributed by atoms with Crippen molar-refractivity contribution in [2.45, 2.75) is 70.1 Å². The summed E-state index contributed by atoms with van der Waals surface area (Å²) in [6.45, 7) is 4.66. The minimum atomic E-state index is -4.79. The molecule has 0 aliphatic carbocycles. The van der Waals surface area contributed by atoms with Gasteiger partial charge in [0, 0.05) is 6.54 Å². The number of alkyl halides is 3. The van der Waals surface area contributed by atoms with Crippen molar-refractivity contribution in [3.8, 4) is 0 Å². The van der Waals surface area contributed by atoms with Crippen molar-refractivity contribution in [3.05, 3.63) is 71.8 Å². The van der Waals surface area contributed by atoms with Crippen LogP contribution in [0.4, 0.5) is 18.0 Å². The molecule has 0 saturated carbocycles. The average molecular weight is 524 g/mol. The number of halogens is 3. The predicted octanol–water partition coefficient (Wildman–Crippen LogP) is 3.24. The Bertz CT molecular complexity index is 1030. The van der Waals surface area contributed by atoms with Crippen molar-refractivity contribution in [3.63, 3.8) is 0 Å². The van der Waals surface area contributed by atoms with E-state index in [1.54, 1.807) is 60.7 Å². The number of alkyl carbamates (subject to hydrolysis) is 1. The van der Waals surface area contributed by atoms with Crippen LogP contribution in [0.15, 0.2) is 60.7 Å². The Morgan fingerprint density at radius 3 is 1.92 bits per heavy atom. The van der Waals surface area contributed by atoms with Crippen molar-refractivity contribution in [1.29, 1.82) is 0 Å². The van der Waals surface area contributed by atoms with E-state index in [-0.39, 0.29) is 13.0 Å². The molecule has 202 valence electrons. The molecule has 2 unspecified atom stereocenters. The van der Waals surface area contributed by atoms with E-state index >= 15 is 0 Å². The summed E-state index contributed by atoms with van der Waals surface area (Å²) < 4.78 is 44.6.